The number of hydrogen-bond donors (Lipinski definition) is 2. The van der Waals surface area contributed by atoms with Crippen molar-refractivity contribution < 1.29 is 0 Å². The van der Waals surface area contributed by atoms with Gasteiger partial charge in [0.1, 0.15) is 0 Å². The molecule has 16 heavy (non-hydrogen) atoms. The van der Waals surface area contributed by atoms with Crippen LogP contribution in [0.3, 0.4) is 0 Å². The van der Waals surface area contributed by atoms with E-state index in [1.54, 1.807) is 0 Å². The van der Waals surface area contributed by atoms with Crippen LogP contribution in [0.5, 0.6) is 0 Å². The zero-order chi connectivity index (χ0) is 12.0. The van der Waals surface area contributed by atoms with Gasteiger partial charge >= 0.3 is 0 Å². The van der Waals surface area contributed by atoms with Gasteiger partial charge in [-0.2, -0.15) is 0 Å². The molecule has 0 atom stereocenters. The minimum absolute atomic E-state index is 0.588. The van der Waals surface area contributed by atoms with Crippen molar-refractivity contribution >= 4 is 17.3 Å². The molecule has 0 spiro atoms. The van der Waals surface area contributed by atoms with E-state index in [9.17, 15) is 0 Å². The molecule has 0 unspecified atom stereocenters. The zero-order valence-electron chi connectivity index (χ0n) is 10.2. The summed E-state index contributed by atoms with van der Waals surface area (Å²) < 4.78 is 0. The van der Waals surface area contributed by atoms with Crippen LogP contribution in [0.2, 0.25) is 0 Å². The fourth-order valence-electron chi connectivity index (χ4n) is 1.43. The molecule has 0 aromatic heterocycles. The Hall–Kier alpha value is -1.09. The SMILES string of the molecule is CCNC(=S)NCc1ccc(C(C)C)cc1. The zero-order valence-corrected chi connectivity index (χ0v) is 11.0. The molecule has 0 amide bonds. The molecule has 0 saturated carbocycles. The van der Waals surface area contributed by atoms with Crippen LogP contribution < -0.4 is 10.6 Å². The minimum atomic E-state index is 0.588. The maximum Gasteiger partial charge on any atom is 0.166 e. The molecule has 2 nitrogen and oxygen atoms in total. The summed E-state index contributed by atoms with van der Waals surface area (Å²) in [5, 5.41) is 6.95. The van der Waals surface area contributed by atoms with Gasteiger partial charge in [0.25, 0.3) is 0 Å². The van der Waals surface area contributed by atoms with Crippen LogP contribution in [-0.4, -0.2) is 11.7 Å². The van der Waals surface area contributed by atoms with Gasteiger partial charge in [0.15, 0.2) is 5.11 Å². The first kappa shape index (κ1) is 13.0. The fraction of sp³-hybridized carbons (Fsp3) is 0.462. The lowest BCUT2D eigenvalue weighted by Crippen LogP contribution is -2.34. The molecule has 2 N–H and O–H groups in total. The molecule has 0 aliphatic rings. The third kappa shape index (κ3) is 4.19. The van der Waals surface area contributed by atoms with E-state index in [0.717, 1.165) is 18.2 Å². The van der Waals surface area contributed by atoms with Crippen molar-refractivity contribution in [3.05, 3.63) is 35.4 Å². The predicted molar refractivity (Wildman–Crippen MR) is 73.6 cm³/mol. The molecule has 0 aliphatic carbocycles. The summed E-state index contributed by atoms with van der Waals surface area (Å²) in [6.07, 6.45) is 0. The summed E-state index contributed by atoms with van der Waals surface area (Å²) in [6, 6.07) is 8.66. The van der Waals surface area contributed by atoms with Crippen molar-refractivity contribution in [1.29, 1.82) is 0 Å². The van der Waals surface area contributed by atoms with Crippen LogP contribution in [-0.2, 0) is 6.54 Å². The Morgan fingerprint density at radius 1 is 1.19 bits per heavy atom. The molecule has 0 heterocycles. The summed E-state index contributed by atoms with van der Waals surface area (Å²) in [5.74, 6) is 0.588. The Kier molecular flexibility index (Phi) is 5.26. The number of thiocarbonyl (C=S) groups is 1. The lowest BCUT2D eigenvalue weighted by atomic mass is 10.0. The molecular weight excluding hydrogens is 216 g/mol. The van der Waals surface area contributed by atoms with Crippen molar-refractivity contribution in [1.82, 2.24) is 10.6 Å². The normalized spacial score (nSPS) is 10.2. The molecule has 88 valence electrons. The average molecular weight is 236 g/mol. The molecule has 3 heteroatoms. The largest absolute Gasteiger partial charge is 0.363 e. The van der Waals surface area contributed by atoms with Crippen molar-refractivity contribution in [2.45, 2.75) is 33.2 Å². The Morgan fingerprint density at radius 2 is 1.81 bits per heavy atom. The third-order valence-corrected chi connectivity index (χ3v) is 2.73. The molecule has 0 saturated heterocycles. The van der Waals surface area contributed by atoms with Gasteiger partial charge < -0.3 is 10.6 Å². The number of rotatable bonds is 4. The molecular formula is C13H20N2S. The summed E-state index contributed by atoms with van der Waals surface area (Å²) in [6.45, 7) is 8.08. The first-order chi connectivity index (χ1) is 7.63. The Balaban J connectivity index is 2.46. The summed E-state index contributed by atoms with van der Waals surface area (Å²) in [7, 11) is 0. The Morgan fingerprint density at radius 3 is 2.31 bits per heavy atom. The van der Waals surface area contributed by atoms with Gasteiger partial charge in [-0.1, -0.05) is 38.1 Å². The Labute approximate surface area is 103 Å². The second-order valence-corrected chi connectivity index (χ2v) is 4.52. The number of nitrogens with one attached hydrogen (secondary N) is 2. The second-order valence-electron chi connectivity index (χ2n) is 4.11. The quantitative estimate of drug-likeness (QED) is 0.786. The lowest BCUT2D eigenvalue weighted by molar-refractivity contribution is 0.844. The lowest BCUT2D eigenvalue weighted by Gasteiger charge is -2.10. The minimum Gasteiger partial charge on any atom is -0.363 e. The standard InChI is InChI=1S/C13H20N2S/c1-4-14-13(16)15-9-11-5-7-12(8-6-11)10(2)3/h5-8,10H,4,9H2,1-3H3,(H2,14,15,16). The van der Waals surface area contributed by atoms with Crippen molar-refractivity contribution in [2.75, 3.05) is 6.54 Å². The average Bonchev–Trinajstić information content (AvgIpc) is 2.27. The van der Waals surface area contributed by atoms with Gasteiger partial charge in [0.2, 0.25) is 0 Å². The molecule has 0 fully saturated rings. The molecule has 0 radical (unpaired) electrons. The van der Waals surface area contributed by atoms with Crippen molar-refractivity contribution in [3.8, 4) is 0 Å². The van der Waals surface area contributed by atoms with Crippen LogP contribution in [0.25, 0.3) is 0 Å². The van der Waals surface area contributed by atoms with E-state index in [0.29, 0.717) is 5.92 Å². The molecule has 1 aromatic rings. The van der Waals surface area contributed by atoms with Crippen LogP contribution in [0.15, 0.2) is 24.3 Å². The molecule has 1 rings (SSSR count). The maximum absolute atomic E-state index is 5.10. The summed E-state index contributed by atoms with van der Waals surface area (Å²) in [5.41, 5.74) is 2.63. The van der Waals surface area contributed by atoms with Gasteiger partial charge in [-0.05, 0) is 36.2 Å². The third-order valence-electron chi connectivity index (χ3n) is 2.44. The highest BCUT2D eigenvalue weighted by molar-refractivity contribution is 7.80. The second kappa shape index (κ2) is 6.48. The van der Waals surface area contributed by atoms with Crippen LogP contribution >= 0.6 is 12.2 Å². The molecule has 1 aromatic carbocycles. The first-order valence-corrected chi connectivity index (χ1v) is 6.14. The van der Waals surface area contributed by atoms with Gasteiger partial charge in [-0.15, -0.1) is 0 Å². The van der Waals surface area contributed by atoms with E-state index in [4.69, 9.17) is 12.2 Å². The van der Waals surface area contributed by atoms with Gasteiger partial charge in [0, 0.05) is 13.1 Å². The van der Waals surface area contributed by atoms with Crippen molar-refractivity contribution in [2.24, 2.45) is 0 Å². The van der Waals surface area contributed by atoms with Gasteiger partial charge in [-0.3, -0.25) is 0 Å². The van der Waals surface area contributed by atoms with E-state index in [2.05, 4.69) is 48.7 Å². The monoisotopic (exact) mass is 236 g/mol. The highest BCUT2D eigenvalue weighted by Gasteiger charge is 1.99. The van der Waals surface area contributed by atoms with Crippen LogP contribution in [0.1, 0.15) is 37.8 Å². The maximum atomic E-state index is 5.10. The van der Waals surface area contributed by atoms with E-state index in [-0.39, 0.29) is 0 Å². The summed E-state index contributed by atoms with van der Waals surface area (Å²) in [4.78, 5) is 0. The smallest absolute Gasteiger partial charge is 0.166 e. The van der Waals surface area contributed by atoms with E-state index in [1.165, 1.54) is 11.1 Å². The van der Waals surface area contributed by atoms with E-state index >= 15 is 0 Å². The topological polar surface area (TPSA) is 24.1 Å². The fourth-order valence-corrected chi connectivity index (χ4v) is 1.64. The van der Waals surface area contributed by atoms with Gasteiger partial charge in [0.05, 0.1) is 0 Å². The number of hydrogen-bond acceptors (Lipinski definition) is 1. The highest BCUT2D eigenvalue weighted by Crippen LogP contribution is 2.14. The van der Waals surface area contributed by atoms with E-state index in [1.807, 2.05) is 6.92 Å². The summed E-state index contributed by atoms with van der Waals surface area (Å²) >= 11 is 5.10. The first-order valence-electron chi connectivity index (χ1n) is 5.74. The molecule has 0 bridgehead atoms. The van der Waals surface area contributed by atoms with Gasteiger partial charge in [-0.25, -0.2) is 0 Å². The molecule has 0 aliphatic heterocycles. The number of benzene rings is 1. The van der Waals surface area contributed by atoms with Crippen molar-refractivity contribution in [3.63, 3.8) is 0 Å². The van der Waals surface area contributed by atoms with Crippen LogP contribution in [0.4, 0.5) is 0 Å². The highest BCUT2D eigenvalue weighted by atomic mass is 32.1. The van der Waals surface area contributed by atoms with E-state index < -0.39 is 0 Å². The van der Waals surface area contributed by atoms with Crippen LogP contribution in [0, 0.1) is 0 Å². The predicted octanol–water partition coefficient (Wildman–Crippen LogP) is 2.79. The Bertz CT molecular complexity index is 330.